The molecule has 146 valence electrons. The highest BCUT2D eigenvalue weighted by Crippen LogP contribution is 2.34. The van der Waals surface area contributed by atoms with Crippen molar-refractivity contribution in [3.63, 3.8) is 0 Å². The minimum Gasteiger partial charge on any atom is -0.473 e. The van der Waals surface area contributed by atoms with Crippen LogP contribution < -0.4 is 0 Å². The summed E-state index contributed by atoms with van der Waals surface area (Å²) in [5.41, 5.74) is 0.542. The Morgan fingerprint density at radius 2 is 1.48 bits per heavy atom. The van der Waals surface area contributed by atoms with Crippen molar-refractivity contribution in [1.29, 1.82) is 0 Å². The molecule has 9 heteroatoms. The number of carbonyl (C=O) groups is 2. The van der Waals surface area contributed by atoms with E-state index in [0.29, 0.717) is 0 Å². The molecule has 2 aromatic carbocycles. The lowest BCUT2D eigenvalue weighted by Crippen LogP contribution is -2.11. The van der Waals surface area contributed by atoms with Crippen molar-refractivity contribution < 1.29 is 33.0 Å². The van der Waals surface area contributed by atoms with Crippen molar-refractivity contribution in [2.24, 2.45) is 0 Å². The van der Waals surface area contributed by atoms with E-state index in [1.807, 2.05) is 38.4 Å². The average molecular weight is 401 g/mol. The maximum atomic E-state index is 12.5. The molecule has 0 aliphatic heterocycles. The number of rotatable bonds is 4. The molecule has 2 aromatic rings. The Hall–Kier alpha value is -2.52. The molecule has 2 rings (SSSR count). The lowest BCUT2D eigenvalue weighted by molar-refractivity contribution is -0.159. The second-order valence-electron chi connectivity index (χ2n) is 5.58. The van der Waals surface area contributed by atoms with Crippen LogP contribution in [-0.2, 0) is 22.3 Å². The molecule has 0 aliphatic rings. The highest BCUT2D eigenvalue weighted by Gasteiger charge is 2.29. The Balaban J connectivity index is 0.000000527. The largest absolute Gasteiger partial charge is 0.473 e. The molecule has 0 saturated carbocycles. The van der Waals surface area contributed by atoms with Crippen LogP contribution in [0.1, 0.15) is 11.1 Å². The molecule has 0 bridgehead atoms. The Labute approximate surface area is 158 Å². The minimum atomic E-state index is -4.29. The number of benzene rings is 2. The molecule has 5 nitrogen and oxygen atoms in total. The summed E-state index contributed by atoms with van der Waals surface area (Å²) < 4.78 is 37.6. The van der Waals surface area contributed by atoms with Crippen LogP contribution in [0.15, 0.2) is 58.3 Å². The first kappa shape index (κ1) is 22.5. The molecule has 0 heterocycles. The van der Waals surface area contributed by atoms with Gasteiger partial charge in [-0.1, -0.05) is 30.0 Å². The van der Waals surface area contributed by atoms with Crippen LogP contribution in [-0.4, -0.2) is 41.1 Å². The Morgan fingerprint density at radius 3 is 1.93 bits per heavy atom. The first-order valence-corrected chi connectivity index (χ1v) is 8.36. The van der Waals surface area contributed by atoms with Crippen molar-refractivity contribution in [3.8, 4) is 0 Å². The number of halogens is 3. The van der Waals surface area contributed by atoms with Crippen LogP contribution in [0.4, 0.5) is 13.2 Å². The molecule has 27 heavy (non-hydrogen) atoms. The summed E-state index contributed by atoms with van der Waals surface area (Å²) in [7, 11) is 3.97. The lowest BCUT2D eigenvalue weighted by atomic mass is 10.2. The molecular weight excluding hydrogens is 383 g/mol. The van der Waals surface area contributed by atoms with Gasteiger partial charge in [0.25, 0.3) is 0 Å². The van der Waals surface area contributed by atoms with Gasteiger partial charge in [0, 0.05) is 16.3 Å². The van der Waals surface area contributed by atoms with Crippen LogP contribution in [0.5, 0.6) is 0 Å². The number of nitrogens with zero attached hydrogens (tertiary/aromatic N) is 1. The van der Waals surface area contributed by atoms with Crippen LogP contribution in [0.3, 0.4) is 0 Å². The van der Waals surface area contributed by atoms with Gasteiger partial charge in [0.2, 0.25) is 0 Å². The van der Waals surface area contributed by atoms with Crippen LogP contribution in [0.2, 0.25) is 0 Å². The van der Waals surface area contributed by atoms with E-state index in [9.17, 15) is 13.2 Å². The normalized spacial score (nSPS) is 10.9. The van der Waals surface area contributed by atoms with E-state index >= 15 is 0 Å². The first-order chi connectivity index (χ1) is 12.5. The standard InChI is InChI=1S/C16H16F3NS.C2H2O4/c1-20(2)11-12-5-3-4-6-15(12)21-14-9-7-13(8-10-14)16(17,18)19;3-1(4)2(5)6/h3-10H,11H2,1-2H3;(H,3,4)(H,5,6). The monoisotopic (exact) mass is 401 g/mol. The third-order valence-corrected chi connectivity index (χ3v) is 4.18. The maximum Gasteiger partial charge on any atom is 0.416 e. The molecular formula is C18H18F3NO4S. The highest BCUT2D eigenvalue weighted by molar-refractivity contribution is 7.99. The van der Waals surface area contributed by atoms with E-state index < -0.39 is 23.7 Å². The van der Waals surface area contributed by atoms with Crippen molar-refractivity contribution in [2.45, 2.75) is 22.5 Å². The Bertz CT molecular complexity index is 765. The molecule has 0 spiro atoms. The molecule has 0 unspecified atom stereocenters. The summed E-state index contributed by atoms with van der Waals surface area (Å²) in [5.74, 6) is -3.65. The summed E-state index contributed by atoms with van der Waals surface area (Å²) in [6.45, 7) is 0.795. The van der Waals surface area contributed by atoms with E-state index in [4.69, 9.17) is 19.8 Å². The molecule has 0 radical (unpaired) electrons. The summed E-state index contributed by atoms with van der Waals surface area (Å²) in [6.07, 6.45) is -4.29. The van der Waals surface area contributed by atoms with Gasteiger partial charge in [0.05, 0.1) is 5.56 Å². The molecule has 0 amide bonds. The number of hydrogen-bond donors (Lipinski definition) is 2. The van der Waals surface area contributed by atoms with Crippen LogP contribution >= 0.6 is 11.8 Å². The number of alkyl halides is 3. The third kappa shape index (κ3) is 8.14. The van der Waals surface area contributed by atoms with Gasteiger partial charge in [0.1, 0.15) is 0 Å². The second-order valence-corrected chi connectivity index (χ2v) is 6.70. The van der Waals surface area contributed by atoms with Gasteiger partial charge >= 0.3 is 18.1 Å². The fraction of sp³-hybridized carbons (Fsp3) is 0.222. The molecule has 0 aliphatic carbocycles. The predicted molar refractivity (Wildman–Crippen MR) is 94.7 cm³/mol. The minimum absolute atomic E-state index is 0.617. The number of carboxylic acid groups (broad SMARTS) is 2. The second kappa shape index (κ2) is 9.98. The smallest absolute Gasteiger partial charge is 0.416 e. The van der Waals surface area contributed by atoms with Gasteiger partial charge in [-0.2, -0.15) is 13.2 Å². The molecule has 0 saturated heterocycles. The van der Waals surface area contributed by atoms with Gasteiger partial charge in [-0.3, -0.25) is 0 Å². The SMILES string of the molecule is CN(C)Cc1ccccc1Sc1ccc(C(F)(F)F)cc1.O=C(O)C(=O)O. The Morgan fingerprint density at radius 1 is 0.963 bits per heavy atom. The van der Waals surface area contributed by atoms with E-state index in [0.717, 1.165) is 34.0 Å². The zero-order chi connectivity index (χ0) is 20.6. The van der Waals surface area contributed by atoms with Crippen molar-refractivity contribution in [1.82, 2.24) is 4.90 Å². The van der Waals surface area contributed by atoms with Gasteiger partial charge in [-0.15, -0.1) is 0 Å². The van der Waals surface area contributed by atoms with Crippen molar-refractivity contribution in [2.75, 3.05) is 14.1 Å². The van der Waals surface area contributed by atoms with E-state index in [1.54, 1.807) is 0 Å². The van der Waals surface area contributed by atoms with Crippen molar-refractivity contribution >= 4 is 23.7 Å². The molecule has 0 atom stereocenters. The zero-order valence-electron chi connectivity index (χ0n) is 14.5. The Kier molecular flexibility index (Phi) is 8.32. The summed E-state index contributed by atoms with van der Waals surface area (Å²) in [4.78, 5) is 22.1. The van der Waals surface area contributed by atoms with Crippen molar-refractivity contribution in [3.05, 3.63) is 59.7 Å². The summed E-state index contributed by atoms with van der Waals surface area (Å²) in [6, 6.07) is 13.2. The summed E-state index contributed by atoms with van der Waals surface area (Å²) in [5, 5.41) is 14.8. The van der Waals surface area contributed by atoms with E-state index in [1.165, 1.54) is 23.9 Å². The number of hydrogen-bond acceptors (Lipinski definition) is 4. The molecule has 0 fully saturated rings. The lowest BCUT2D eigenvalue weighted by Gasteiger charge is -2.14. The van der Waals surface area contributed by atoms with E-state index in [-0.39, 0.29) is 0 Å². The number of aliphatic carboxylic acids is 2. The van der Waals surface area contributed by atoms with Crippen LogP contribution in [0, 0.1) is 0 Å². The van der Waals surface area contributed by atoms with Gasteiger partial charge in [0.15, 0.2) is 0 Å². The third-order valence-electron chi connectivity index (χ3n) is 3.05. The zero-order valence-corrected chi connectivity index (χ0v) is 15.3. The number of carboxylic acids is 2. The van der Waals surface area contributed by atoms with Crippen LogP contribution in [0.25, 0.3) is 0 Å². The summed E-state index contributed by atoms with van der Waals surface area (Å²) >= 11 is 1.48. The molecule has 0 aromatic heterocycles. The maximum absolute atomic E-state index is 12.5. The highest BCUT2D eigenvalue weighted by atomic mass is 32.2. The van der Waals surface area contributed by atoms with Gasteiger partial charge < -0.3 is 15.1 Å². The quantitative estimate of drug-likeness (QED) is 0.752. The fourth-order valence-electron chi connectivity index (χ4n) is 1.91. The topological polar surface area (TPSA) is 77.8 Å². The van der Waals surface area contributed by atoms with E-state index in [2.05, 4.69) is 4.90 Å². The molecule has 2 N–H and O–H groups in total. The predicted octanol–water partition coefficient (Wildman–Crippen LogP) is 4.07. The average Bonchev–Trinajstić information content (AvgIpc) is 2.56. The van der Waals surface area contributed by atoms with Gasteiger partial charge in [-0.25, -0.2) is 9.59 Å². The fourth-order valence-corrected chi connectivity index (χ4v) is 2.85. The first-order valence-electron chi connectivity index (χ1n) is 7.54. The van der Waals surface area contributed by atoms with Gasteiger partial charge in [-0.05, 0) is 50.0 Å².